The second kappa shape index (κ2) is 5.67. The molecular formula is C16H21N3O. The van der Waals surface area contributed by atoms with Crippen LogP contribution in [0, 0.1) is 5.92 Å². The lowest BCUT2D eigenvalue weighted by Gasteiger charge is -2.23. The lowest BCUT2D eigenvalue weighted by atomic mass is 9.98. The average molecular weight is 271 g/mol. The minimum Gasteiger partial charge on any atom is -0.384 e. The third kappa shape index (κ3) is 2.56. The topological polar surface area (TPSA) is 46.1 Å². The first-order valence-electron chi connectivity index (χ1n) is 7.29. The molecule has 0 spiro atoms. The van der Waals surface area contributed by atoms with Crippen LogP contribution >= 0.6 is 0 Å². The molecule has 0 saturated carbocycles. The Hall–Kier alpha value is -1.81. The van der Waals surface area contributed by atoms with E-state index in [9.17, 15) is 4.79 Å². The van der Waals surface area contributed by atoms with Crippen molar-refractivity contribution in [1.29, 1.82) is 0 Å². The Labute approximate surface area is 118 Å². The van der Waals surface area contributed by atoms with Crippen molar-refractivity contribution in [2.75, 3.05) is 25.0 Å². The van der Waals surface area contributed by atoms with Crippen LogP contribution in [-0.2, 0) is 7.05 Å². The first-order chi connectivity index (χ1) is 9.75. The number of rotatable bonds is 3. The average Bonchev–Trinajstić information content (AvgIpc) is 2.50. The second-order valence-corrected chi connectivity index (χ2v) is 5.55. The van der Waals surface area contributed by atoms with Crippen LogP contribution in [0.3, 0.4) is 0 Å². The Balaban J connectivity index is 1.87. The van der Waals surface area contributed by atoms with Crippen molar-refractivity contribution >= 4 is 16.6 Å². The maximum absolute atomic E-state index is 12.0. The highest BCUT2D eigenvalue weighted by Gasteiger charge is 2.13. The summed E-state index contributed by atoms with van der Waals surface area (Å²) in [5.41, 5.74) is 1.98. The first kappa shape index (κ1) is 13.2. The van der Waals surface area contributed by atoms with Crippen molar-refractivity contribution in [2.24, 2.45) is 13.0 Å². The SMILES string of the molecule is Cn1c(=O)cc(NCC2CCNCC2)c2ccccc21. The number of anilines is 1. The lowest BCUT2D eigenvalue weighted by molar-refractivity contribution is 0.390. The van der Waals surface area contributed by atoms with Gasteiger partial charge in [-0.2, -0.15) is 0 Å². The van der Waals surface area contributed by atoms with Gasteiger partial charge in [-0.25, -0.2) is 0 Å². The van der Waals surface area contributed by atoms with E-state index in [1.165, 1.54) is 12.8 Å². The molecule has 1 aliphatic heterocycles. The van der Waals surface area contributed by atoms with Gasteiger partial charge in [0.2, 0.25) is 0 Å². The number of para-hydroxylation sites is 1. The minimum absolute atomic E-state index is 0.0384. The Bertz CT molecular complexity index is 656. The quantitative estimate of drug-likeness (QED) is 0.897. The van der Waals surface area contributed by atoms with Gasteiger partial charge in [-0.15, -0.1) is 0 Å². The number of aryl methyl sites for hydroxylation is 1. The van der Waals surface area contributed by atoms with Crippen molar-refractivity contribution in [3.63, 3.8) is 0 Å². The largest absolute Gasteiger partial charge is 0.384 e. The number of aromatic nitrogens is 1. The van der Waals surface area contributed by atoms with Gasteiger partial charge in [0, 0.05) is 30.7 Å². The molecule has 1 aromatic heterocycles. The Morgan fingerprint density at radius 3 is 2.85 bits per heavy atom. The molecule has 1 aliphatic rings. The molecule has 1 fully saturated rings. The number of piperidine rings is 1. The van der Waals surface area contributed by atoms with Crippen LogP contribution in [0.1, 0.15) is 12.8 Å². The molecule has 2 heterocycles. The minimum atomic E-state index is 0.0384. The van der Waals surface area contributed by atoms with E-state index in [0.29, 0.717) is 5.92 Å². The smallest absolute Gasteiger partial charge is 0.252 e. The molecule has 20 heavy (non-hydrogen) atoms. The second-order valence-electron chi connectivity index (χ2n) is 5.55. The van der Waals surface area contributed by atoms with Gasteiger partial charge in [-0.05, 0) is 37.9 Å². The highest BCUT2D eigenvalue weighted by atomic mass is 16.1. The van der Waals surface area contributed by atoms with E-state index in [0.717, 1.165) is 36.2 Å². The van der Waals surface area contributed by atoms with E-state index >= 15 is 0 Å². The fraction of sp³-hybridized carbons (Fsp3) is 0.438. The van der Waals surface area contributed by atoms with Crippen molar-refractivity contribution in [3.8, 4) is 0 Å². The van der Waals surface area contributed by atoms with Gasteiger partial charge >= 0.3 is 0 Å². The summed E-state index contributed by atoms with van der Waals surface area (Å²) in [5, 5.41) is 7.98. The third-order valence-corrected chi connectivity index (χ3v) is 4.19. The molecule has 0 atom stereocenters. The molecule has 4 heteroatoms. The number of nitrogens with one attached hydrogen (secondary N) is 2. The molecule has 1 saturated heterocycles. The predicted octanol–water partition coefficient (Wildman–Crippen LogP) is 1.95. The third-order valence-electron chi connectivity index (χ3n) is 4.19. The van der Waals surface area contributed by atoms with E-state index in [-0.39, 0.29) is 5.56 Å². The monoisotopic (exact) mass is 271 g/mol. The van der Waals surface area contributed by atoms with Crippen molar-refractivity contribution in [2.45, 2.75) is 12.8 Å². The molecule has 2 aromatic rings. The summed E-state index contributed by atoms with van der Waals surface area (Å²) in [6, 6.07) is 9.76. The van der Waals surface area contributed by atoms with E-state index in [2.05, 4.69) is 16.7 Å². The van der Waals surface area contributed by atoms with Gasteiger partial charge in [0.25, 0.3) is 5.56 Å². The van der Waals surface area contributed by atoms with E-state index in [1.54, 1.807) is 10.6 Å². The fourth-order valence-electron chi connectivity index (χ4n) is 2.90. The number of hydrogen-bond donors (Lipinski definition) is 2. The van der Waals surface area contributed by atoms with Crippen LogP contribution in [-0.4, -0.2) is 24.2 Å². The molecule has 3 rings (SSSR count). The van der Waals surface area contributed by atoms with Crippen LogP contribution in [0.2, 0.25) is 0 Å². The summed E-state index contributed by atoms with van der Waals surface area (Å²) in [7, 11) is 1.82. The normalized spacial score (nSPS) is 16.4. The summed E-state index contributed by atoms with van der Waals surface area (Å²) < 4.78 is 1.70. The number of hydrogen-bond acceptors (Lipinski definition) is 3. The van der Waals surface area contributed by atoms with Crippen LogP contribution in [0.15, 0.2) is 35.1 Å². The molecule has 0 amide bonds. The molecule has 106 valence electrons. The molecular weight excluding hydrogens is 250 g/mol. The highest BCUT2D eigenvalue weighted by Crippen LogP contribution is 2.22. The molecule has 2 N–H and O–H groups in total. The van der Waals surface area contributed by atoms with Crippen molar-refractivity contribution in [3.05, 3.63) is 40.7 Å². The van der Waals surface area contributed by atoms with Crippen LogP contribution in [0.25, 0.3) is 10.9 Å². The fourth-order valence-corrected chi connectivity index (χ4v) is 2.90. The number of nitrogens with zero attached hydrogens (tertiary/aromatic N) is 1. The van der Waals surface area contributed by atoms with E-state index in [1.807, 2.05) is 25.2 Å². The number of pyridine rings is 1. The van der Waals surface area contributed by atoms with Crippen LogP contribution < -0.4 is 16.2 Å². The standard InChI is InChI=1S/C16H21N3O/c1-19-15-5-3-2-4-13(15)14(10-16(19)20)18-11-12-6-8-17-9-7-12/h2-5,10,12,17-18H,6-9,11H2,1H3. The maximum Gasteiger partial charge on any atom is 0.252 e. The zero-order chi connectivity index (χ0) is 13.9. The Kier molecular flexibility index (Phi) is 3.74. The van der Waals surface area contributed by atoms with Gasteiger partial charge in [0.15, 0.2) is 0 Å². The molecule has 4 nitrogen and oxygen atoms in total. The zero-order valence-electron chi connectivity index (χ0n) is 11.9. The number of benzene rings is 1. The van der Waals surface area contributed by atoms with Crippen molar-refractivity contribution in [1.82, 2.24) is 9.88 Å². The van der Waals surface area contributed by atoms with Gasteiger partial charge in [-0.3, -0.25) is 4.79 Å². The van der Waals surface area contributed by atoms with E-state index in [4.69, 9.17) is 0 Å². The van der Waals surface area contributed by atoms with Gasteiger partial charge in [0.1, 0.15) is 0 Å². The van der Waals surface area contributed by atoms with Gasteiger partial charge in [-0.1, -0.05) is 18.2 Å². The summed E-state index contributed by atoms with van der Waals surface area (Å²) in [4.78, 5) is 12.0. The molecule has 1 aromatic carbocycles. The Morgan fingerprint density at radius 1 is 1.30 bits per heavy atom. The predicted molar refractivity (Wildman–Crippen MR) is 83.3 cm³/mol. The Morgan fingerprint density at radius 2 is 2.05 bits per heavy atom. The number of fused-ring (bicyclic) bond motifs is 1. The maximum atomic E-state index is 12.0. The molecule has 0 aliphatic carbocycles. The molecule has 0 unspecified atom stereocenters. The summed E-state index contributed by atoms with van der Waals surface area (Å²) in [5.74, 6) is 0.694. The highest BCUT2D eigenvalue weighted by molar-refractivity contribution is 5.91. The van der Waals surface area contributed by atoms with Crippen molar-refractivity contribution < 1.29 is 0 Å². The first-order valence-corrected chi connectivity index (χ1v) is 7.29. The van der Waals surface area contributed by atoms with E-state index < -0.39 is 0 Å². The zero-order valence-corrected chi connectivity index (χ0v) is 11.9. The summed E-state index contributed by atoms with van der Waals surface area (Å²) in [6.07, 6.45) is 2.41. The van der Waals surface area contributed by atoms with Gasteiger partial charge < -0.3 is 15.2 Å². The summed E-state index contributed by atoms with van der Waals surface area (Å²) >= 11 is 0. The van der Waals surface area contributed by atoms with Crippen LogP contribution in [0.5, 0.6) is 0 Å². The molecule has 0 radical (unpaired) electrons. The lowest BCUT2D eigenvalue weighted by Crippen LogP contribution is -2.31. The van der Waals surface area contributed by atoms with Crippen LogP contribution in [0.4, 0.5) is 5.69 Å². The summed E-state index contributed by atoms with van der Waals surface area (Å²) in [6.45, 7) is 3.14. The molecule has 0 bridgehead atoms. The van der Waals surface area contributed by atoms with Gasteiger partial charge in [0.05, 0.1) is 5.52 Å².